The number of benzene rings is 2. The lowest BCUT2D eigenvalue weighted by molar-refractivity contribution is 0.270. The van der Waals surface area contributed by atoms with Crippen molar-refractivity contribution in [3.63, 3.8) is 0 Å². The van der Waals surface area contributed by atoms with Gasteiger partial charge in [-0.15, -0.1) is 0 Å². The van der Waals surface area contributed by atoms with Gasteiger partial charge < -0.3 is 9.47 Å². The first-order valence-electron chi connectivity index (χ1n) is 5.53. The summed E-state index contributed by atoms with van der Waals surface area (Å²) in [7, 11) is 3.16. The minimum Gasteiger partial charge on any atom is -0.493 e. The first-order valence-corrected chi connectivity index (χ1v) is 5.53. The SMILES string of the molecule is CONc1ccc(Oc2ccccc2)c(OC)c1. The summed E-state index contributed by atoms with van der Waals surface area (Å²) in [4.78, 5) is 4.84. The van der Waals surface area contributed by atoms with Crippen LogP contribution in [0.3, 0.4) is 0 Å². The quantitative estimate of drug-likeness (QED) is 0.819. The normalized spacial score (nSPS) is 9.89. The molecule has 0 aromatic heterocycles. The van der Waals surface area contributed by atoms with Crippen molar-refractivity contribution in [3.05, 3.63) is 48.5 Å². The van der Waals surface area contributed by atoms with Gasteiger partial charge in [-0.25, -0.2) is 0 Å². The average molecular weight is 245 g/mol. The third kappa shape index (κ3) is 2.93. The number of methoxy groups -OCH3 is 1. The van der Waals surface area contributed by atoms with Gasteiger partial charge in [0.15, 0.2) is 11.5 Å². The molecular formula is C14H15NO3. The Morgan fingerprint density at radius 1 is 0.889 bits per heavy atom. The fraction of sp³-hybridized carbons (Fsp3) is 0.143. The van der Waals surface area contributed by atoms with Crippen LogP contribution >= 0.6 is 0 Å². The Morgan fingerprint density at radius 3 is 2.33 bits per heavy atom. The van der Waals surface area contributed by atoms with E-state index in [4.69, 9.17) is 14.3 Å². The predicted molar refractivity (Wildman–Crippen MR) is 70.1 cm³/mol. The summed E-state index contributed by atoms with van der Waals surface area (Å²) >= 11 is 0. The van der Waals surface area contributed by atoms with Gasteiger partial charge in [0.1, 0.15) is 5.75 Å². The predicted octanol–water partition coefficient (Wildman–Crippen LogP) is 3.46. The van der Waals surface area contributed by atoms with Crippen molar-refractivity contribution in [2.75, 3.05) is 19.7 Å². The molecule has 0 heterocycles. The van der Waals surface area contributed by atoms with Gasteiger partial charge in [0, 0.05) is 6.07 Å². The molecule has 18 heavy (non-hydrogen) atoms. The van der Waals surface area contributed by atoms with Crippen LogP contribution in [0.4, 0.5) is 5.69 Å². The zero-order chi connectivity index (χ0) is 12.8. The standard InChI is InChI=1S/C14H15NO3/c1-16-14-10-11(15-17-2)8-9-13(14)18-12-6-4-3-5-7-12/h3-10,15H,1-2H3. The Labute approximate surface area is 106 Å². The number of ether oxygens (including phenoxy) is 2. The molecule has 94 valence electrons. The van der Waals surface area contributed by atoms with E-state index in [2.05, 4.69) is 5.48 Å². The average Bonchev–Trinajstić information content (AvgIpc) is 2.42. The second-order valence-electron chi connectivity index (χ2n) is 3.59. The molecule has 4 heteroatoms. The second-order valence-corrected chi connectivity index (χ2v) is 3.59. The molecule has 0 aliphatic rings. The van der Waals surface area contributed by atoms with Gasteiger partial charge in [-0.05, 0) is 24.3 Å². The number of hydrogen-bond acceptors (Lipinski definition) is 4. The number of anilines is 1. The fourth-order valence-corrected chi connectivity index (χ4v) is 1.55. The largest absolute Gasteiger partial charge is 0.493 e. The number of hydrogen-bond donors (Lipinski definition) is 1. The Morgan fingerprint density at radius 2 is 1.67 bits per heavy atom. The third-order valence-corrected chi connectivity index (χ3v) is 2.35. The first kappa shape index (κ1) is 12.3. The van der Waals surface area contributed by atoms with Crippen molar-refractivity contribution in [2.24, 2.45) is 0 Å². The molecule has 4 nitrogen and oxygen atoms in total. The van der Waals surface area contributed by atoms with Crippen LogP contribution in [0.5, 0.6) is 17.2 Å². The van der Waals surface area contributed by atoms with E-state index in [1.165, 1.54) is 0 Å². The summed E-state index contributed by atoms with van der Waals surface area (Å²) < 4.78 is 11.0. The summed E-state index contributed by atoms with van der Waals surface area (Å²) in [5.74, 6) is 2.06. The zero-order valence-electron chi connectivity index (χ0n) is 10.3. The lowest BCUT2D eigenvalue weighted by atomic mass is 10.3. The first-order chi connectivity index (χ1) is 8.83. The van der Waals surface area contributed by atoms with Gasteiger partial charge in [-0.3, -0.25) is 10.3 Å². The van der Waals surface area contributed by atoms with Gasteiger partial charge in [-0.1, -0.05) is 18.2 Å². The van der Waals surface area contributed by atoms with Crippen molar-refractivity contribution in [1.82, 2.24) is 0 Å². The van der Waals surface area contributed by atoms with E-state index in [1.54, 1.807) is 14.2 Å². The molecule has 0 atom stereocenters. The Hall–Kier alpha value is -2.20. The van der Waals surface area contributed by atoms with E-state index in [0.29, 0.717) is 11.5 Å². The maximum absolute atomic E-state index is 5.74. The van der Waals surface area contributed by atoms with Crippen LogP contribution in [-0.2, 0) is 4.84 Å². The molecule has 0 saturated heterocycles. The highest BCUT2D eigenvalue weighted by Gasteiger charge is 2.06. The number of para-hydroxylation sites is 1. The molecule has 0 saturated carbocycles. The molecule has 0 amide bonds. The monoisotopic (exact) mass is 245 g/mol. The summed E-state index contributed by atoms with van der Waals surface area (Å²) in [6, 6.07) is 15.0. The van der Waals surface area contributed by atoms with E-state index < -0.39 is 0 Å². The molecule has 0 fully saturated rings. The Bertz CT molecular complexity index is 500. The Kier molecular flexibility index (Phi) is 4.04. The van der Waals surface area contributed by atoms with Crippen LogP contribution in [0.15, 0.2) is 48.5 Å². The second kappa shape index (κ2) is 5.93. The summed E-state index contributed by atoms with van der Waals surface area (Å²) in [5, 5.41) is 0. The summed E-state index contributed by atoms with van der Waals surface area (Å²) in [6.45, 7) is 0. The van der Waals surface area contributed by atoms with Crippen molar-refractivity contribution >= 4 is 5.69 Å². The van der Waals surface area contributed by atoms with E-state index in [9.17, 15) is 0 Å². The summed E-state index contributed by atoms with van der Waals surface area (Å²) in [6.07, 6.45) is 0. The lowest BCUT2D eigenvalue weighted by Crippen LogP contribution is -1.97. The Balaban J connectivity index is 2.22. The molecule has 1 N–H and O–H groups in total. The molecule has 0 aliphatic carbocycles. The van der Waals surface area contributed by atoms with Gasteiger partial charge >= 0.3 is 0 Å². The smallest absolute Gasteiger partial charge is 0.169 e. The molecule has 0 spiro atoms. The van der Waals surface area contributed by atoms with E-state index in [-0.39, 0.29) is 0 Å². The van der Waals surface area contributed by atoms with Crippen molar-refractivity contribution < 1.29 is 14.3 Å². The number of nitrogens with one attached hydrogen (secondary N) is 1. The van der Waals surface area contributed by atoms with Crippen molar-refractivity contribution in [1.29, 1.82) is 0 Å². The van der Waals surface area contributed by atoms with Crippen LogP contribution in [0.25, 0.3) is 0 Å². The topological polar surface area (TPSA) is 39.7 Å². The molecule has 2 aromatic carbocycles. The third-order valence-electron chi connectivity index (χ3n) is 2.35. The molecular weight excluding hydrogens is 230 g/mol. The molecule has 0 radical (unpaired) electrons. The maximum atomic E-state index is 5.74. The van der Waals surface area contributed by atoms with Crippen LogP contribution in [-0.4, -0.2) is 14.2 Å². The van der Waals surface area contributed by atoms with Gasteiger partial charge in [0.25, 0.3) is 0 Å². The minimum absolute atomic E-state index is 0.640. The zero-order valence-corrected chi connectivity index (χ0v) is 10.3. The van der Waals surface area contributed by atoms with E-state index in [1.807, 2.05) is 48.5 Å². The highest BCUT2D eigenvalue weighted by molar-refractivity contribution is 5.54. The number of rotatable bonds is 5. The highest BCUT2D eigenvalue weighted by Crippen LogP contribution is 2.33. The minimum atomic E-state index is 0.640. The van der Waals surface area contributed by atoms with Gasteiger partial charge in [-0.2, -0.15) is 0 Å². The van der Waals surface area contributed by atoms with E-state index in [0.717, 1.165) is 11.4 Å². The molecule has 2 rings (SSSR count). The van der Waals surface area contributed by atoms with Gasteiger partial charge in [0.05, 0.1) is 19.9 Å². The van der Waals surface area contributed by atoms with Crippen LogP contribution in [0.1, 0.15) is 0 Å². The van der Waals surface area contributed by atoms with Crippen LogP contribution in [0, 0.1) is 0 Å². The molecule has 0 bridgehead atoms. The highest BCUT2D eigenvalue weighted by atomic mass is 16.6. The van der Waals surface area contributed by atoms with Crippen molar-refractivity contribution in [2.45, 2.75) is 0 Å². The lowest BCUT2D eigenvalue weighted by Gasteiger charge is -2.12. The van der Waals surface area contributed by atoms with E-state index >= 15 is 0 Å². The molecule has 0 aliphatic heterocycles. The van der Waals surface area contributed by atoms with Gasteiger partial charge in [0.2, 0.25) is 0 Å². The van der Waals surface area contributed by atoms with Crippen molar-refractivity contribution in [3.8, 4) is 17.2 Å². The fourth-order valence-electron chi connectivity index (χ4n) is 1.55. The molecule has 2 aromatic rings. The summed E-state index contributed by atoms with van der Waals surface area (Å²) in [5.41, 5.74) is 3.54. The molecule has 0 unspecified atom stereocenters. The maximum Gasteiger partial charge on any atom is 0.169 e. The van der Waals surface area contributed by atoms with Crippen LogP contribution in [0.2, 0.25) is 0 Å². The van der Waals surface area contributed by atoms with Crippen LogP contribution < -0.4 is 15.0 Å².